The van der Waals surface area contributed by atoms with Crippen LogP contribution in [0.15, 0.2) is 291 Å². The summed E-state index contributed by atoms with van der Waals surface area (Å²) in [6.07, 6.45) is 0. The van der Waals surface area contributed by atoms with Gasteiger partial charge in [-0.1, -0.05) is 209 Å². The summed E-state index contributed by atoms with van der Waals surface area (Å²) in [7, 11) is 0. The van der Waals surface area contributed by atoms with E-state index in [1.165, 1.54) is 110 Å². The Morgan fingerprint density at radius 2 is 0.436 bits per heavy atom. The predicted octanol–water partition coefficient (Wildman–Crippen LogP) is 25.2. The van der Waals surface area contributed by atoms with Crippen LogP contribution in [-0.2, 0) is 0 Å². The van der Waals surface area contributed by atoms with Crippen LogP contribution in [0.1, 0.15) is 56.7 Å². The maximum atomic E-state index is 4.98. The Labute approximate surface area is 638 Å². The molecule has 0 amide bonds. The summed E-state index contributed by atoms with van der Waals surface area (Å²) in [4.78, 5) is 29.0. The molecule has 0 spiro atoms. The van der Waals surface area contributed by atoms with Crippen molar-refractivity contribution in [3.05, 3.63) is 348 Å². The molecule has 10 nitrogen and oxygen atoms in total. The molecule has 0 aliphatic carbocycles. The largest absolute Gasteiger partial charge is 0.309 e. The van der Waals surface area contributed by atoms with E-state index in [1.54, 1.807) is 0 Å². The first-order chi connectivity index (χ1) is 53.6. The van der Waals surface area contributed by atoms with E-state index in [0.29, 0.717) is 34.9 Å². The van der Waals surface area contributed by atoms with Crippen molar-refractivity contribution >= 4 is 87.2 Å². The van der Waals surface area contributed by atoms with Crippen LogP contribution in [0, 0.1) is 69.2 Å². The number of nitrogens with zero attached hydrogens (tertiary/aromatic N) is 10. The second-order valence-corrected chi connectivity index (χ2v) is 29.7. The molecule has 0 N–H and O–H groups in total. The molecule has 0 saturated heterocycles. The molecular formula is C100H78N10. The van der Waals surface area contributed by atoms with Crippen LogP contribution in [0.2, 0.25) is 0 Å². The van der Waals surface area contributed by atoms with Crippen LogP contribution in [0.25, 0.3) is 177 Å². The molecule has 0 saturated carbocycles. The summed E-state index contributed by atoms with van der Waals surface area (Å²) in [6.45, 7) is 20.7. The molecule has 110 heavy (non-hydrogen) atoms. The van der Waals surface area contributed by atoms with Crippen LogP contribution < -0.4 is 0 Å². The van der Waals surface area contributed by atoms with Crippen LogP contribution in [0.4, 0.5) is 0 Å². The zero-order valence-corrected chi connectivity index (χ0v) is 63.2. The fourth-order valence-corrected chi connectivity index (χ4v) is 16.8. The predicted molar refractivity (Wildman–Crippen MR) is 457 cm³/mol. The molecule has 0 fully saturated rings. The van der Waals surface area contributed by atoms with Gasteiger partial charge in [-0.2, -0.15) is 0 Å². The zero-order valence-electron chi connectivity index (χ0n) is 63.2. The number of hydrogen-bond acceptors (Lipinski definition) is 6. The number of aromatic nitrogens is 10. The summed E-state index contributed by atoms with van der Waals surface area (Å²) in [5.41, 5.74) is 31.9. The van der Waals surface area contributed by atoms with Crippen molar-refractivity contribution in [2.75, 3.05) is 0 Å². The Morgan fingerprint density at radius 1 is 0.173 bits per heavy atom. The van der Waals surface area contributed by atoms with E-state index in [9.17, 15) is 0 Å². The van der Waals surface area contributed by atoms with Crippen LogP contribution in [0.5, 0.6) is 0 Å². The van der Waals surface area contributed by atoms with E-state index in [4.69, 9.17) is 19.9 Å². The van der Waals surface area contributed by atoms with E-state index >= 15 is 0 Å². The molecule has 0 unspecified atom stereocenters. The molecule has 20 aromatic rings. The van der Waals surface area contributed by atoms with Gasteiger partial charge in [0.15, 0.2) is 11.6 Å². The summed E-state index contributed by atoms with van der Waals surface area (Å²) in [6, 6.07) is 107. The molecule has 10 heteroatoms. The van der Waals surface area contributed by atoms with E-state index in [1.807, 2.05) is 27.7 Å². The van der Waals surface area contributed by atoms with E-state index in [0.717, 1.165) is 89.3 Å². The van der Waals surface area contributed by atoms with Gasteiger partial charge in [0, 0.05) is 65.3 Å². The van der Waals surface area contributed by atoms with E-state index < -0.39 is 0 Å². The Balaban J connectivity index is 0.000000149. The van der Waals surface area contributed by atoms with Crippen molar-refractivity contribution in [3.8, 4) is 90.0 Å². The molecule has 528 valence electrons. The third-order valence-corrected chi connectivity index (χ3v) is 21.9. The summed E-state index contributed by atoms with van der Waals surface area (Å²) in [5.74, 6) is 4.09. The lowest BCUT2D eigenvalue weighted by atomic mass is 9.95. The highest BCUT2D eigenvalue weighted by molar-refractivity contribution is 6.14. The van der Waals surface area contributed by atoms with Crippen LogP contribution >= 0.6 is 0 Å². The van der Waals surface area contributed by atoms with Gasteiger partial charge in [0.2, 0.25) is 0 Å². The molecule has 14 aromatic carbocycles. The zero-order chi connectivity index (χ0) is 74.7. The van der Waals surface area contributed by atoms with Gasteiger partial charge in [0.1, 0.15) is 23.3 Å². The van der Waals surface area contributed by atoms with Gasteiger partial charge >= 0.3 is 0 Å². The molecule has 0 bridgehead atoms. The first-order valence-electron chi connectivity index (χ1n) is 37.7. The number of fused-ring (bicyclic) bond motifs is 12. The van der Waals surface area contributed by atoms with Crippen molar-refractivity contribution in [1.29, 1.82) is 0 Å². The van der Waals surface area contributed by atoms with Crippen LogP contribution in [0.3, 0.4) is 0 Å². The average molecular weight is 1420 g/mol. The summed E-state index contributed by atoms with van der Waals surface area (Å²) in [5, 5.41) is 9.86. The molecule has 6 heterocycles. The van der Waals surface area contributed by atoms with Gasteiger partial charge < -0.3 is 18.3 Å². The lowest BCUT2D eigenvalue weighted by molar-refractivity contribution is 0.926. The Kier molecular flexibility index (Phi) is 16.2. The number of benzene rings is 14. The van der Waals surface area contributed by atoms with Gasteiger partial charge in [-0.15, -0.1) is 0 Å². The van der Waals surface area contributed by atoms with Gasteiger partial charge in [-0.3, -0.25) is 0 Å². The second-order valence-electron chi connectivity index (χ2n) is 29.7. The minimum absolute atomic E-state index is 0.656. The standard InChI is InChI=1S/2C50H39N5/c1-30-14-18-35(19-15-30)36-20-22-38(49(29-36)55-45-13-9-7-11-40(45)42-27-32(3)17-24-47(42)55)37-21-25-48(43(28-37)50-52-33(4)51-34(5)53-50)54-44-12-8-6-10-39(44)41-26-31(2)16-23-46(41)54;1-30-14-18-35(19-15-30)36-20-24-46(54-44-12-8-6-10-38(44)41-26-31(2)16-22-47(41)54)40(28-36)37-21-25-49(43(29-37)50-52-33(4)51-34(5)53-50)55-45-13-9-7-11-39(45)42-27-32(3)17-23-48(42)55/h2*6-29H,1-5H3. The van der Waals surface area contributed by atoms with Crippen molar-refractivity contribution in [1.82, 2.24) is 48.2 Å². The molecule has 20 rings (SSSR count). The van der Waals surface area contributed by atoms with Crippen molar-refractivity contribution in [2.24, 2.45) is 0 Å². The monoisotopic (exact) mass is 1420 g/mol. The fourth-order valence-electron chi connectivity index (χ4n) is 16.8. The SMILES string of the molecule is Cc1ccc(-c2ccc(-c3ccc(-n4c5ccccc5c5cc(C)ccc54)c(-c4nc(C)nc(C)n4)c3)c(-n3c4ccccc4c4cc(C)ccc43)c2)cc1.Cc1ccc(-c2ccc(-n3c4ccccc4c4cc(C)ccc43)c(-c3ccc(-n4c5ccccc5c5cc(C)ccc54)c(-c4nc(C)nc(C)n4)c3)c2)cc1. The molecule has 0 aliphatic rings. The third-order valence-electron chi connectivity index (χ3n) is 21.9. The average Bonchev–Trinajstić information content (AvgIpc) is 1.56. The number of aryl methyl sites for hydroxylation is 10. The Morgan fingerprint density at radius 3 is 0.800 bits per heavy atom. The molecular weight excluding hydrogens is 1340 g/mol. The highest BCUT2D eigenvalue weighted by atomic mass is 15.1. The number of rotatable bonds is 10. The minimum atomic E-state index is 0.656. The normalized spacial score (nSPS) is 11.7. The smallest absolute Gasteiger partial charge is 0.165 e. The number of para-hydroxylation sites is 4. The summed E-state index contributed by atoms with van der Waals surface area (Å²) >= 11 is 0. The quantitative estimate of drug-likeness (QED) is 0.135. The highest BCUT2D eigenvalue weighted by Gasteiger charge is 2.26. The third kappa shape index (κ3) is 11.6. The van der Waals surface area contributed by atoms with E-state index in [-0.39, 0.29) is 0 Å². The maximum Gasteiger partial charge on any atom is 0.165 e. The van der Waals surface area contributed by atoms with E-state index in [2.05, 4.69) is 361 Å². The van der Waals surface area contributed by atoms with Gasteiger partial charge in [-0.05, 0) is 218 Å². The molecule has 6 aromatic heterocycles. The second kappa shape index (κ2) is 26.7. The van der Waals surface area contributed by atoms with Crippen molar-refractivity contribution in [2.45, 2.75) is 69.2 Å². The van der Waals surface area contributed by atoms with Crippen molar-refractivity contribution in [3.63, 3.8) is 0 Å². The molecule has 0 atom stereocenters. The molecule has 0 aliphatic heterocycles. The maximum absolute atomic E-state index is 4.98. The molecule has 0 radical (unpaired) electrons. The summed E-state index contributed by atoms with van der Waals surface area (Å²) < 4.78 is 9.61. The lowest BCUT2D eigenvalue weighted by Crippen LogP contribution is -2.04. The fraction of sp³-hybridized carbons (Fsp3) is 0.100. The van der Waals surface area contributed by atoms with Crippen LogP contribution in [-0.4, -0.2) is 48.2 Å². The topological polar surface area (TPSA) is 97.1 Å². The number of hydrogen-bond donors (Lipinski definition) is 0. The van der Waals surface area contributed by atoms with Gasteiger partial charge in [0.25, 0.3) is 0 Å². The minimum Gasteiger partial charge on any atom is -0.309 e. The first kappa shape index (κ1) is 66.9. The van der Waals surface area contributed by atoms with Gasteiger partial charge in [0.05, 0.1) is 66.9 Å². The van der Waals surface area contributed by atoms with Gasteiger partial charge in [-0.25, -0.2) is 29.9 Å². The first-order valence-corrected chi connectivity index (χ1v) is 37.7. The highest BCUT2D eigenvalue weighted by Crippen LogP contribution is 2.46. The lowest BCUT2D eigenvalue weighted by Gasteiger charge is -2.19. The Bertz CT molecular complexity index is 7100. The Hall–Kier alpha value is -13.7. The van der Waals surface area contributed by atoms with Crippen molar-refractivity contribution < 1.29 is 0 Å².